The van der Waals surface area contributed by atoms with Gasteiger partial charge in [0.05, 0.1) is 37.4 Å². The molecule has 0 saturated heterocycles. The summed E-state index contributed by atoms with van der Waals surface area (Å²) in [5, 5.41) is 31.1. The van der Waals surface area contributed by atoms with Gasteiger partial charge in [-0.1, -0.05) is 74.8 Å². The van der Waals surface area contributed by atoms with E-state index in [0.717, 1.165) is 23.3 Å². The molecule has 0 fully saturated rings. The van der Waals surface area contributed by atoms with Gasteiger partial charge in [0.25, 0.3) is 0 Å². The maximum Gasteiger partial charge on any atom is 0.407 e. The van der Waals surface area contributed by atoms with Crippen LogP contribution < -0.4 is 25.4 Å². The number of amides is 3. The summed E-state index contributed by atoms with van der Waals surface area (Å²) in [6.07, 6.45) is -2.25. The van der Waals surface area contributed by atoms with E-state index in [1.165, 1.54) is 32.4 Å². The van der Waals surface area contributed by atoms with Crippen LogP contribution in [0.2, 0.25) is 5.02 Å². The van der Waals surface area contributed by atoms with Crippen molar-refractivity contribution in [3.8, 4) is 22.8 Å². The van der Waals surface area contributed by atoms with Gasteiger partial charge >= 0.3 is 6.09 Å². The van der Waals surface area contributed by atoms with Crippen LogP contribution in [-0.2, 0) is 27.2 Å². The van der Waals surface area contributed by atoms with Crippen molar-refractivity contribution in [2.75, 3.05) is 20.8 Å². The Bertz CT molecular complexity index is 2030. The quantitative estimate of drug-likeness (QED) is 0.107. The molecule has 0 radical (unpaired) electrons. The van der Waals surface area contributed by atoms with Crippen LogP contribution in [0, 0.1) is 23.0 Å². The predicted molar refractivity (Wildman–Crippen MR) is 209 cm³/mol. The second kappa shape index (κ2) is 18.8. The van der Waals surface area contributed by atoms with Crippen molar-refractivity contribution in [2.24, 2.45) is 11.3 Å². The fourth-order valence-corrected chi connectivity index (χ4v) is 6.98. The van der Waals surface area contributed by atoms with Gasteiger partial charge in [0, 0.05) is 29.3 Å². The van der Waals surface area contributed by atoms with Gasteiger partial charge in [0.15, 0.2) is 0 Å². The third-order valence-electron chi connectivity index (χ3n) is 9.83. The lowest BCUT2D eigenvalue weighted by atomic mass is 9.85. The van der Waals surface area contributed by atoms with E-state index < -0.39 is 71.2 Å². The van der Waals surface area contributed by atoms with Crippen molar-refractivity contribution in [1.82, 2.24) is 20.9 Å². The molecule has 1 aromatic heterocycles. The standard InChI is InChI=1S/C42H47ClF2N4O8/c1-42(2,3)38(49-41(54)56-5)40(53)47-32(16-23-10-12-24(13-11-23)26-14-15-35(55-4)46-21-26)33(50)18-27(17-25-8-6-7-9-31(25)45)39(52)48-36-29-19-28(44)20-30(43)37(29)57-22-34(36)51/h6-15,19-21,27,32-34,36,38,50-51H,16-18,22H2,1-5H3,(H,47,53)(H,48,52)(H,49,54)/t27-,32+,33+,34-,36+,38-/m1/s1. The van der Waals surface area contributed by atoms with Crippen LogP contribution >= 0.6 is 11.6 Å². The van der Waals surface area contributed by atoms with E-state index in [0.29, 0.717) is 11.4 Å². The molecule has 2 heterocycles. The summed E-state index contributed by atoms with van der Waals surface area (Å²) in [5.74, 6) is -3.15. The van der Waals surface area contributed by atoms with E-state index in [-0.39, 0.29) is 47.8 Å². The zero-order valence-electron chi connectivity index (χ0n) is 32.2. The Morgan fingerprint density at radius 2 is 1.67 bits per heavy atom. The molecule has 6 atom stereocenters. The highest BCUT2D eigenvalue weighted by molar-refractivity contribution is 6.32. The minimum atomic E-state index is -1.42. The number of nitrogens with one attached hydrogen (secondary N) is 3. The van der Waals surface area contributed by atoms with Crippen molar-refractivity contribution in [3.63, 3.8) is 0 Å². The van der Waals surface area contributed by atoms with Crippen molar-refractivity contribution in [2.45, 2.75) is 70.4 Å². The molecule has 57 heavy (non-hydrogen) atoms. The zero-order valence-corrected chi connectivity index (χ0v) is 33.0. The van der Waals surface area contributed by atoms with Crippen LogP contribution in [-0.4, -0.2) is 78.2 Å². The Balaban J connectivity index is 1.46. The number of ether oxygens (including phenoxy) is 3. The van der Waals surface area contributed by atoms with Gasteiger partial charge in [-0.05, 0) is 65.6 Å². The summed E-state index contributed by atoms with van der Waals surface area (Å²) in [4.78, 5) is 44.7. The molecule has 304 valence electrons. The normalized spacial score (nSPS) is 17.2. The number of halogens is 3. The lowest BCUT2D eigenvalue weighted by Crippen LogP contribution is -2.57. The van der Waals surface area contributed by atoms with Gasteiger partial charge in [-0.25, -0.2) is 18.6 Å². The number of aromatic nitrogens is 1. The number of hydrogen-bond donors (Lipinski definition) is 5. The molecule has 3 amide bonds. The van der Waals surface area contributed by atoms with Gasteiger partial charge in [-0.2, -0.15) is 0 Å². The number of methoxy groups -OCH3 is 2. The molecule has 3 aromatic carbocycles. The minimum Gasteiger partial charge on any atom is -0.489 e. The minimum absolute atomic E-state index is 0.0444. The Morgan fingerprint density at radius 3 is 2.30 bits per heavy atom. The van der Waals surface area contributed by atoms with Gasteiger partial charge < -0.3 is 40.4 Å². The van der Waals surface area contributed by atoms with Crippen LogP contribution in [0.1, 0.15) is 49.9 Å². The first kappa shape index (κ1) is 42.8. The summed E-state index contributed by atoms with van der Waals surface area (Å²) in [5.41, 5.74) is 1.91. The second-order valence-corrected chi connectivity index (χ2v) is 15.4. The molecular formula is C42H47ClF2N4O8. The van der Waals surface area contributed by atoms with Crippen LogP contribution in [0.4, 0.5) is 13.6 Å². The molecule has 0 bridgehead atoms. The zero-order chi connectivity index (χ0) is 41.4. The van der Waals surface area contributed by atoms with E-state index in [2.05, 4.69) is 20.9 Å². The molecule has 0 saturated carbocycles. The number of hydrogen-bond acceptors (Lipinski definition) is 9. The van der Waals surface area contributed by atoms with Crippen LogP contribution in [0.5, 0.6) is 11.6 Å². The summed E-state index contributed by atoms with van der Waals surface area (Å²) in [7, 11) is 2.70. The highest BCUT2D eigenvalue weighted by atomic mass is 35.5. The van der Waals surface area contributed by atoms with Gasteiger partial charge in [0.2, 0.25) is 17.7 Å². The van der Waals surface area contributed by atoms with E-state index in [9.17, 15) is 29.0 Å². The molecule has 1 aliphatic rings. The predicted octanol–water partition coefficient (Wildman–Crippen LogP) is 5.71. The average molecular weight is 809 g/mol. The lowest BCUT2D eigenvalue weighted by Gasteiger charge is -2.34. The molecule has 5 N–H and O–H groups in total. The summed E-state index contributed by atoms with van der Waals surface area (Å²) in [6.45, 7) is 5.01. The highest BCUT2D eigenvalue weighted by Gasteiger charge is 2.38. The van der Waals surface area contributed by atoms with Crippen LogP contribution in [0.3, 0.4) is 0 Å². The number of fused-ring (bicyclic) bond motifs is 1. The fourth-order valence-electron chi connectivity index (χ4n) is 6.71. The summed E-state index contributed by atoms with van der Waals surface area (Å²) >= 11 is 6.23. The first-order chi connectivity index (χ1) is 27.1. The van der Waals surface area contributed by atoms with Gasteiger partial charge in [-0.15, -0.1) is 0 Å². The topological polar surface area (TPSA) is 168 Å². The summed E-state index contributed by atoms with van der Waals surface area (Å²) < 4.78 is 45.0. The van der Waals surface area contributed by atoms with E-state index in [1.54, 1.807) is 39.1 Å². The SMILES string of the molecule is COC(=O)N[C@H](C(=O)N[C@@H](Cc1ccc(-c2ccc(OC)nc2)cc1)[C@@H](O)C[C@@H](Cc1ccccc1F)C(=O)N[C@H]1c2cc(F)cc(Cl)c2OC[C@H]1O)C(C)(C)C. The smallest absolute Gasteiger partial charge is 0.407 e. The van der Waals surface area contributed by atoms with E-state index in [4.69, 9.17) is 25.8 Å². The second-order valence-electron chi connectivity index (χ2n) is 15.0. The molecule has 0 unspecified atom stereocenters. The molecular weight excluding hydrogens is 762 g/mol. The maximum atomic E-state index is 15.1. The number of alkyl carbamates (subject to hydrolysis) is 1. The number of carbonyl (C=O) groups excluding carboxylic acids is 3. The number of aliphatic hydroxyl groups excluding tert-OH is 2. The van der Waals surface area contributed by atoms with Crippen molar-refractivity contribution >= 4 is 29.5 Å². The first-order valence-electron chi connectivity index (χ1n) is 18.3. The molecule has 5 rings (SSSR count). The largest absolute Gasteiger partial charge is 0.489 e. The molecule has 1 aliphatic heterocycles. The van der Waals surface area contributed by atoms with Crippen LogP contribution in [0.15, 0.2) is 79.0 Å². The third kappa shape index (κ3) is 11.0. The molecule has 12 nitrogen and oxygen atoms in total. The number of carbonyl (C=O) groups is 3. The number of rotatable bonds is 14. The van der Waals surface area contributed by atoms with Crippen molar-refractivity contribution < 1.29 is 47.6 Å². The Morgan fingerprint density at radius 1 is 0.965 bits per heavy atom. The number of benzene rings is 3. The Kier molecular flexibility index (Phi) is 14.1. The molecule has 0 aliphatic carbocycles. The monoisotopic (exact) mass is 808 g/mol. The van der Waals surface area contributed by atoms with E-state index >= 15 is 4.39 Å². The molecule has 4 aromatic rings. The number of aliphatic hydroxyl groups is 2. The number of pyridine rings is 1. The Hall–Kier alpha value is -5.31. The maximum absolute atomic E-state index is 15.1. The number of nitrogens with zero attached hydrogens (tertiary/aromatic N) is 1. The molecule has 0 spiro atoms. The van der Waals surface area contributed by atoms with Gasteiger partial charge in [-0.3, -0.25) is 9.59 Å². The van der Waals surface area contributed by atoms with Crippen molar-refractivity contribution in [1.29, 1.82) is 0 Å². The average Bonchev–Trinajstić information content (AvgIpc) is 3.17. The van der Waals surface area contributed by atoms with Crippen LogP contribution in [0.25, 0.3) is 11.1 Å². The molecule has 15 heteroatoms. The Labute approximate surface area is 334 Å². The first-order valence-corrected chi connectivity index (χ1v) is 18.7. The van der Waals surface area contributed by atoms with Gasteiger partial charge in [0.1, 0.15) is 36.1 Å². The lowest BCUT2D eigenvalue weighted by molar-refractivity contribution is -0.128. The third-order valence-corrected chi connectivity index (χ3v) is 10.1. The van der Waals surface area contributed by atoms with E-state index in [1.807, 2.05) is 30.3 Å². The highest BCUT2D eigenvalue weighted by Crippen LogP contribution is 2.39. The van der Waals surface area contributed by atoms with Crippen molar-refractivity contribution in [3.05, 3.63) is 112 Å². The summed E-state index contributed by atoms with van der Waals surface area (Å²) in [6, 6.07) is 15.7. The fraction of sp³-hybridized carbons (Fsp3) is 0.381.